The summed E-state index contributed by atoms with van der Waals surface area (Å²) >= 11 is 0. The number of rotatable bonds is 14. The third kappa shape index (κ3) is 8.32. The lowest BCUT2D eigenvalue weighted by Gasteiger charge is -2.28. The van der Waals surface area contributed by atoms with Crippen LogP contribution in [0.3, 0.4) is 0 Å². The molecule has 0 spiro atoms. The predicted molar refractivity (Wildman–Crippen MR) is 160 cm³/mol. The molecule has 2 aromatic carbocycles. The van der Waals surface area contributed by atoms with Crippen molar-refractivity contribution < 1.29 is 29.4 Å². The molecule has 5 unspecified atom stereocenters. The summed E-state index contributed by atoms with van der Waals surface area (Å²) in [5.74, 6) is -3.36. The van der Waals surface area contributed by atoms with E-state index in [4.69, 9.17) is 5.73 Å². The molecule has 1 heterocycles. The number of aromatic hydroxyl groups is 1. The zero-order valence-electron chi connectivity index (χ0n) is 24.4. The number of benzene rings is 2. The second-order valence-corrected chi connectivity index (χ2v) is 11.0. The van der Waals surface area contributed by atoms with E-state index in [1.807, 2.05) is 38.1 Å². The van der Waals surface area contributed by atoms with E-state index in [9.17, 15) is 29.4 Å². The van der Waals surface area contributed by atoms with Crippen molar-refractivity contribution in [1.29, 1.82) is 0 Å². The van der Waals surface area contributed by atoms with E-state index in [-0.39, 0.29) is 30.4 Å². The molecule has 8 N–H and O–H groups in total. The van der Waals surface area contributed by atoms with Gasteiger partial charge in [-0.15, -0.1) is 0 Å². The number of para-hydroxylation sites is 1. The normalized spacial score (nSPS) is 14.9. The molecule has 3 rings (SSSR count). The summed E-state index contributed by atoms with van der Waals surface area (Å²) in [7, 11) is 0. The summed E-state index contributed by atoms with van der Waals surface area (Å²) in [4.78, 5) is 55.3. The molecule has 3 aromatic rings. The Hall–Kier alpha value is -4.38. The monoisotopic (exact) mass is 579 g/mol. The summed E-state index contributed by atoms with van der Waals surface area (Å²) < 4.78 is 0. The maximum atomic E-state index is 13.6. The van der Waals surface area contributed by atoms with E-state index in [1.54, 1.807) is 32.2 Å². The quantitative estimate of drug-likeness (QED) is 0.152. The number of nitrogens with one attached hydrogen (secondary N) is 4. The van der Waals surface area contributed by atoms with Gasteiger partial charge >= 0.3 is 5.97 Å². The molecule has 11 heteroatoms. The first-order valence-electron chi connectivity index (χ1n) is 14.1. The van der Waals surface area contributed by atoms with Crippen LogP contribution in [0.1, 0.15) is 45.2 Å². The number of nitrogens with two attached hydrogens (primary N) is 1. The minimum absolute atomic E-state index is 0.0340. The first-order chi connectivity index (χ1) is 19.9. The van der Waals surface area contributed by atoms with Gasteiger partial charge in [0, 0.05) is 29.9 Å². The van der Waals surface area contributed by atoms with Crippen molar-refractivity contribution in [2.75, 3.05) is 0 Å². The number of phenols is 1. The lowest BCUT2D eigenvalue weighted by atomic mass is 9.95. The highest BCUT2D eigenvalue weighted by Gasteiger charge is 2.33. The summed E-state index contributed by atoms with van der Waals surface area (Å²) in [5.41, 5.74) is 8.21. The van der Waals surface area contributed by atoms with Crippen molar-refractivity contribution in [3.05, 3.63) is 65.9 Å². The molecule has 3 amide bonds. The Bertz CT molecular complexity index is 1390. The number of fused-ring (bicyclic) bond motifs is 1. The molecule has 0 saturated carbocycles. The number of hydrogen-bond donors (Lipinski definition) is 7. The Balaban J connectivity index is 1.88. The number of carbonyl (C=O) groups is 4. The third-order valence-electron chi connectivity index (χ3n) is 7.54. The zero-order valence-corrected chi connectivity index (χ0v) is 24.4. The van der Waals surface area contributed by atoms with E-state index in [2.05, 4.69) is 20.9 Å². The van der Waals surface area contributed by atoms with E-state index in [0.29, 0.717) is 12.0 Å². The fourth-order valence-corrected chi connectivity index (χ4v) is 4.59. The standard InChI is InChI=1S/C31H41N5O6/c1-5-18(4)27(36-29(39)26(32)17(2)3)30(40)34-24(15-20-16-33-23-9-7-6-8-22(20)23)28(38)35-25(31(41)42)14-19-10-12-21(37)13-11-19/h6-13,16-18,24-27,33,37H,5,14-15,32H2,1-4H3,(H,34,40)(H,35,38)(H,36,39)(H,41,42). The molecule has 0 fully saturated rings. The number of carboxylic acid groups (broad SMARTS) is 1. The maximum Gasteiger partial charge on any atom is 0.326 e. The molecule has 5 atom stereocenters. The van der Waals surface area contributed by atoms with Crippen molar-refractivity contribution in [2.45, 2.75) is 71.1 Å². The molecule has 0 aliphatic heterocycles. The minimum Gasteiger partial charge on any atom is -0.508 e. The van der Waals surface area contributed by atoms with Crippen molar-refractivity contribution in [1.82, 2.24) is 20.9 Å². The summed E-state index contributed by atoms with van der Waals surface area (Å²) in [5, 5.41) is 28.4. The fraction of sp³-hybridized carbons (Fsp3) is 0.419. The number of carbonyl (C=O) groups excluding carboxylic acids is 3. The van der Waals surface area contributed by atoms with Crippen LogP contribution >= 0.6 is 0 Å². The van der Waals surface area contributed by atoms with Crippen molar-refractivity contribution >= 4 is 34.6 Å². The number of amides is 3. The highest BCUT2D eigenvalue weighted by Crippen LogP contribution is 2.20. The molecular formula is C31H41N5O6. The highest BCUT2D eigenvalue weighted by molar-refractivity contribution is 5.95. The van der Waals surface area contributed by atoms with E-state index >= 15 is 0 Å². The van der Waals surface area contributed by atoms with Gasteiger partial charge in [-0.05, 0) is 41.2 Å². The molecule has 0 aliphatic rings. The Kier molecular flexibility index (Phi) is 11.1. The van der Waals surface area contributed by atoms with Gasteiger partial charge in [0.15, 0.2) is 0 Å². The van der Waals surface area contributed by atoms with Crippen LogP contribution in [0.5, 0.6) is 5.75 Å². The average Bonchev–Trinajstić information content (AvgIpc) is 3.37. The van der Waals surface area contributed by atoms with E-state index < -0.39 is 47.9 Å². The van der Waals surface area contributed by atoms with Gasteiger partial charge in [-0.3, -0.25) is 14.4 Å². The Labute approximate surface area is 245 Å². The first kappa shape index (κ1) is 32.1. The zero-order chi connectivity index (χ0) is 31.0. The number of hydrogen-bond acceptors (Lipinski definition) is 6. The number of H-pyrrole nitrogens is 1. The second kappa shape index (κ2) is 14.5. The van der Waals surface area contributed by atoms with Gasteiger partial charge in [0.05, 0.1) is 6.04 Å². The molecule has 226 valence electrons. The Morgan fingerprint density at radius 1 is 0.857 bits per heavy atom. The lowest BCUT2D eigenvalue weighted by molar-refractivity contribution is -0.142. The van der Waals surface area contributed by atoms with E-state index in [1.165, 1.54) is 12.1 Å². The van der Waals surface area contributed by atoms with Crippen LogP contribution in [0.15, 0.2) is 54.7 Å². The second-order valence-electron chi connectivity index (χ2n) is 11.0. The molecule has 0 radical (unpaired) electrons. The van der Waals surface area contributed by atoms with Crippen LogP contribution in [0, 0.1) is 11.8 Å². The Morgan fingerprint density at radius 3 is 2.12 bits per heavy atom. The highest BCUT2D eigenvalue weighted by atomic mass is 16.4. The van der Waals surface area contributed by atoms with Crippen LogP contribution in [-0.2, 0) is 32.0 Å². The van der Waals surface area contributed by atoms with Gasteiger partial charge in [0.2, 0.25) is 17.7 Å². The van der Waals surface area contributed by atoms with Crippen LogP contribution < -0.4 is 21.7 Å². The minimum atomic E-state index is -1.29. The number of aromatic amines is 1. The molecule has 0 bridgehead atoms. The van der Waals surface area contributed by atoms with Crippen molar-refractivity contribution in [3.63, 3.8) is 0 Å². The SMILES string of the molecule is CCC(C)C(NC(=O)C(N)C(C)C)C(=O)NC(Cc1c[nH]c2ccccc12)C(=O)NC(Cc1ccc(O)cc1)C(=O)O. The van der Waals surface area contributed by atoms with Crippen LogP contribution in [0.25, 0.3) is 10.9 Å². The summed E-state index contributed by atoms with van der Waals surface area (Å²) in [6.07, 6.45) is 2.35. The molecular weight excluding hydrogens is 538 g/mol. The van der Waals surface area contributed by atoms with Gasteiger partial charge in [-0.25, -0.2) is 4.79 Å². The van der Waals surface area contributed by atoms with Gasteiger partial charge in [-0.1, -0.05) is 64.4 Å². The number of phenolic OH excluding ortho intramolecular Hbond substituents is 1. The van der Waals surface area contributed by atoms with Crippen LogP contribution in [0.4, 0.5) is 0 Å². The number of aromatic nitrogens is 1. The average molecular weight is 580 g/mol. The topological polar surface area (TPSA) is 187 Å². The molecule has 0 saturated heterocycles. The van der Waals surface area contributed by atoms with Crippen molar-refractivity contribution in [3.8, 4) is 5.75 Å². The Morgan fingerprint density at radius 2 is 1.50 bits per heavy atom. The molecule has 1 aromatic heterocycles. The van der Waals surface area contributed by atoms with Crippen LogP contribution in [-0.4, -0.2) is 63.1 Å². The van der Waals surface area contributed by atoms with Gasteiger partial charge in [0.25, 0.3) is 0 Å². The predicted octanol–water partition coefficient (Wildman–Crippen LogP) is 2.23. The molecule has 0 aliphatic carbocycles. The number of aliphatic carboxylic acids is 1. The summed E-state index contributed by atoms with van der Waals surface area (Å²) in [6, 6.07) is 9.30. The largest absolute Gasteiger partial charge is 0.508 e. The molecule has 42 heavy (non-hydrogen) atoms. The smallest absolute Gasteiger partial charge is 0.326 e. The van der Waals surface area contributed by atoms with E-state index in [0.717, 1.165) is 16.5 Å². The summed E-state index contributed by atoms with van der Waals surface area (Å²) in [6.45, 7) is 7.32. The van der Waals surface area contributed by atoms with Crippen molar-refractivity contribution in [2.24, 2.45) is 17.6 Å². The van der Waals surface area contributed by atoms with Gasteiger partial charge in [0.1, 0.15) is 23.9 Å². The van der Waals surface area contributed by atoms with Gasteiger partial charge < -0.3 is 36.9 Å². The lowest BCUT2D eigenvalue weighted by Crippen LogP contribution is -2.59. The van der Waals surface area contributed by atoms with Crippen LogP contribution in [0.2, 0.25) is 0 Å². The number of carboxylic acids is 1. The first-order valence-corrected chi connectivity index (χ1v) is 14.1. The fourth-order valence-electron chi connectivity index (χ4n) is 4.59. The van der Waals surface area contributed by atoms with Gasteiger partial charge in [-0.2, -0.15) is 0 Å². The maximum absolute atomic E-state index is 13.6. The molecule has 11 nitrogen and oxygen atoms in total. The third-order valence-corrected chi connectivity index (χ3v) is 7.54.